The lowest BCUT2D eigenvalue weighted by atomic mass is 10.1. The zero-order chi connectivity index (χ0) is 21.9. The number of methoxy groups -OCH3 is 1. The molecule has 8 nitrogen and oxygen atoms in total. The first kappa shape index (κ1) is 20.6. The zero-order valence-corrected chi connectivity index (χ0v) is 18.4. The molecule has 1 amide bonds. The van der Waals surface area contributed by atoms with Crippen LogP contribution in [0.3, 0.4) is 0 Å². The standard InChI is InChI=1S/C23H23N3O5S/c1-28-18-12-15(13-19-22(18)31-11-10-30-19)2-5-21(27)24-16-3-4-17-20(14-16)32-23(25-17)26-6-8-29-9-7-26/h2-5,12-14H,6-11H2,1H3,(H,24,27)/b5-2+. The Morgan fingerprint density at radius 2 is 2.00 bits per heavy atom. The Bertz CT molecular complexity index is 1150. The van der Waals surface area contributed by atoms with Crippen LogP contribution in [0.1, 0.15) is 5.56 Å². The van der Waals surface area contributed by atoms with E-state index in [1.807, 2.05) is 30.3 Å². The molecule has 2 aromatic carbocycles. The number of amides is 1. The Balaban J connectivity index is 1.29. The van der Waals surface area contributed by atoms with E-state index >= 15 is 0 Å². The summed E-state index contributed by atoms with van der Waals surface area (Å²) in [6, 6.07) is 9.39. The second-order valence-corrected chi connectivity index (χ2v) is 8.36. The number of nitrogens with zero attached hydrogens (tertiary/aromatic N) is 2. The van der Waals surface area contributed by atoms with Gasteiger partial charge in [-0.05, 0) is 42.0 Å². The van der Waals surface area contributed by atoms with Crippen LogP contribution in [-0.2, 0) is 9.53 Å². The largest absolute Gasteiger partial charge is 0.493 e. The molecule has 5 rings (SSSR count). The number of ether oxygens (including phenoxy) is 4. The number of hydrogen-bond acceptors (Lipinski definition) is 8. The van der Waals surface area contributed by atoms with Crippen molar-refractivity contribution in [3.63, 3.8) is 0 Å². The summed E-state index contributed by atoms with van der Waals surface area (Å²) in [4.78, 5) is 19.4. The molecule has 0 aliphatic carbocycles. The third-order valence-corrected chi connectivity index (χ3v) is 6.28. The summed E-state index contributed by atoms with van der Waals surface area (Å²) >= 11 is 1.62. The molecule has 32 heavy (non-hydrogen) atoms. The molecule has 1 fully saturated rings. The molecule has 0 unspecified atom stereocenters. The first-order valence-electron chi connectivity index (χ1n) is 10.4. The number of benzene rings is 2. The Kier molecular flexibility index (Phi) is 5.83. The number of hydrogen-bond donors (Lipinski definition) is 1. The van der Waals surface area contributed by atoms with Gasteiger partial charge in [-0.3, -0.25) is 4.79 Å². The summed E-state index contributed by atoms with van der Waals surface area (Å²) < 4.78 is 23.1. The summed E-state index contributed by atoms with van der Waals surface area (Å²) in [7, 11) is 1.58. The van der Waals surface area contributed by atoms with E-state index in [1.165, 1.54) is 6.08 Å². The van der Waals surface area contributed by atoms with E-state index in [4.69, 9.17) is 23.9 Å². The van der Waals surface area contributed by atoms with E-state index in [9.17, 15) is 4.79 Å². The molecular formula is C23H23N3O5S. The number of thiazole rings is 1. The van der Waals surface area contributed by atoms with Gasteiger partial charge in [0.15, 0.2) is 16.6 Å². The molecule has 2 aliphatic rings. The summed E-state index contributed by atoms with van der Waals surface area (Å²) in [6.07, 6.45) is 3.21. The Morgan fingerprint density at radius 3 is 2.84 bits per heavy atom. The minimum Gasteiger partial charge on any atom is -0.493 e. The van der Waals surface area contributed by atoms with Crippen LogP contribution in [0.25, 0.3) is 16.3 Å². The van der Waals surface area contributed by atoms with Crippen LogP contribution < -0.4 is 24.4 Å². The maximum absolute atomic E-state index is 12.5. The molecule has 1 saturated heterocycles. The number of carbonyl (C=O) groups is 1. The minimum atomic E-state index is -0.226. The normalized spacial score (nSPS) is 15.8. The van der Waals surface area contributed by atoms with Crippen LogP contribution in [0.15, 0.2) is 36.4 Å². The SMILES string of the molecule is COc1cc(/C=C/C(=O)Nc2ccc3nc(N4CCOCC4)sc3c2)cc2c1OCCO2. The number of aromatic nitrogens is 1. The van der Waals surface area contributed by atoms with Crippen molar-refractivity contribution in [3.05, 3.63) is 42.0 Å². The molecule has 1 N–H and O–H groups in total. The van der Waals surface area contributed by atoms with Gasteiger partial charge in [0.25, 0.3) is 0 Å². The number of morpholine rings is 1. The highest BCUT2D eigenvalue weighted by Gasteiger charge is 2.18. The molecule has 166 valence electrons. The molecule has 0 atom stereocenters. The van der Waals surface area contributed by atoms with E-state index in [1.54, 1.807) is 24.5 Å². The average Bonchev–Trinajstić information content (AvgIpc) is 3.26. The zero-order valence-electron chi connectivity index (χ0n) is 17.6. The van der Waals surface area contributed by atoms with Crippen molar-refractivity contribution in [3.8, 4) is 17.2 Å². The molecule has 1 aromatic heterocycles. The highest BCUT2D eigenvalue weighted by molar-refractivity contribution is 7.22. The van der Waals surface area contributed by atoms with Crippen molar-refractivity contribution >= 4 is 44.4 Å². The van der Waals surface area contributed by atoms with Gasteiger partial charge in [-0.2, -0.15) is 0 Å². The second kappa shape index (κ2) is 9.05. The first-order chi connectivity index (χ1) is 15.7. The summed E-state index contributed by atoms with van der Waals surface area (Å²) in [5, 5.41) is 3.90. The summed E-state index contributed by atoms with van der Waals surface area (Å²) in [5.74, 6) is 1.56. The fraction of sp³-hybridized carbons (Fsp3) is 0.304. The van der Waals surface area contributed by atoms with Crippen molar-refractivity contribution in [2.75, 3.05) is 56.8 Å². The average molecular weight is 454 g/mol. The molecule has 0 spiro atoms. The Labute approximate surface area is 189 Å². The van der Waals surface area contributed by atoms with Crippen molar-refractivity contribution < 1.29 is 23.7 Å². The van der Waals surface area contributed by atoms with Crippen LogP contribution in [0, 0.1) is 0 Å². The van der Waals surface area contributed by atoms with E-state index < -0.39 is 0 Å². The smallest absolute Gasteiger partial charge is 0.248 e. The topological polar surface area (TPSA) is 82.2 Å². The lowest BCUT2D eigenvalue weighted by molar-refractivity contribution is -0.111. The predicted molar refractivity (Wildman–Crippen MR) is 124 cm³/mol. The van der Waals surface area contributed by atoms with Crippen molar-refractivity contribution in [1.82, 2.24) is 4.98 Å². The van der Waals surface area contributed by atoms with E-state index in [2.05, 4.69) is 10.2 Å². The molecule has 9 heteroatoms. The summed E-state index contributed by atoms with van der Waals surface area (Å²) in [6.45, 7) is 4.10. The van der Waals surface area contributed by atoms with E-state index in [-0.39, 0.29) is 5.91 Å². The van der Waals surface area contributed by atoms with Gasteiger partial charge in [0.2, 0.25) is 11.7 Å². The highest BCUT2D eigenvalue weighted by atomic mass is 32.1. The maximum Gasteiger partial charge on any atom is 0.248 e. The van der Waals surface area contributed by atoms with Crippen molar-refractivity contribution in [2.24, 2.45) is 0 Å². The van der Waals surface area contributed by atoms with Crippen molar-refractivity contribution in [1.29, 1.82) is 0 Å². The molecule has 3 heterocycles. The molecular weight excluding hydrogens is 430 g/mol. The van der Waals surface area contributed by atoms with Gasteiger partial charge in [0.05, 0.1) is 30.5 Å². The molecule has 0 saturated carbocycles. The van der Waals surface area contributed by atoms with E-state index in [0.717, 1.165) is 52.9 Å². The van der Waals surface area contributed by atoms with Gasteiger partial charge in [-0.25, -0.2) is 4.98 Å². The quantitative estimate of drug-likeness (QED) is 0.592. The molecule has 3 aromatic rings. The van der Waals surface area contributed by atoms with Crippen LogP contribution in [0.4, 0.5) is 10.8 Å². The monoisotopic (exact) mass is 453 g/mol. The highest BCUT2D eigenvalue weighted by Crippen LogP contribution is 2.40. The fourth-order valence-electron chi connectivity index (χ4n) is 3.63. The van der Waals surface area contributed by atoms with Crippen LogP contribution >= 0.6 is 11.3 Å². The van der Waals surface area contributed by atoms with E-state index in [0.29, 0.717) is 30.5 Å². The summed E-state index contributed by atoms with van der Waals surface area (Å²) in [5.41, 5.74) is 2.44. The number of nitrogens with one attached hydrogen (secondary N) is 1. The third kappa shape index (κ3) is 4.35. The Hall–Kier alpha value is -3.30. The van der Waals surface area contributed by atoms with Gasteiger partial charge < -0.3 is 29.2 Å². The molecule has 0 bridgehead atoms. The number of carbonyl (C=O) groups excluding carboxylic acids is 1. The van der Waals surface area contributed by atoms with Gasteiger partial charge >= 0.3 is 0 Å². The lowest BCUT2D eigenvalue weighted by Crippen LogP contribution is -2.36. The number of fused-ring (bicyclic) bond motifs is 2. The van der Waals surface area contributed by atoms with Gasteiger partial charge in [0.1, 0.15) is 13.2 Å². The minimum absolute atomic E-state index is 0.226. The fourth-order valence-corrected chi connectivity index (χ4v) is 4.68. The van der Waals surface area contributed by atoms with Gasteiger partial charge in [0, 0.05) is 24.9 Å². The number of rotatable bonds is 5. The van der Waals surface area contributed by atoms with Crippen LogP contribution in [-0.4, -0.2) is 57.5 Å². The second-order valence-electron chi connectivity index (χ2n) is 7.35. The van der Waals surface area contributed by atoms with Crippen LogP contribution in [0.2, 0.25) is 0 Å². The van der Waals surface area contributed by atoms with Crippen LogP contribution in [0.5, 0.6) is 17.2 Å². The Morgan fingerprint density at radius 1 is 1.16 bits per heavy atom. The van der Waals surface area contributed by atoms with Gasteiger partial charge in [-0.15, -0.1) is 0 Å². The van der Waals surface area contributed by atoms with Crippen molar-refractivity contribution in [2.45, 2.75) is 0 Å². The lowest BCUT2D eigenvalue weighted by Gasteiger charge is -2.25. The van der Waals surface area contributed by atoms with Gasteiger partial charge in [-0.1, -0.05) is 11.3 Å². The molecule has 0 radical (unpaired) electrons. The first-order valence-corrected chi connectivity index (χ1v) is 11.2. The number of anilines is 2. The molecule has 2 aliphatic heterocycles. The third-order valence-electron chi connectivity index (χ3n) is 5.20. The maximum atomic E-state index is 12.5. The predicted octanol–water partition coefficient (Wildman–Crippen LogP) is 3.56.